The zero-order chi connectivity index (χ0) is 11.8. The quantitative estimate of drug-likeness (QED) is 0.713. The van der Waals surface area contributed by atoms with Crippen molar-refractivity contribution >= 4 is 0 Å². The van der Waals surface area contributed by atoms with Crippen molar-refractivity contribution in [2.24, 2.45) is 0 Å². The molecule has 1 N–H and O–H groups in total. The molecular weight excluding hydrogens is 200 g/mol. The van der Waals surface area contributed by atoms with Crippen LogP contribution in [0.25, 0.3) is 0 Å². The fourth-order valence-electron chi connectivity index (χ4n) is 1.78. The van der Waals surface area contributed by atoms with Crippen LogP contribution in [0.2, 0.25) is 0 Å². The van der Waals surface area contributed by atoms with E-state index < -0.39 is 0 Å². The summed E-state index contributed by atoms with van der Waals surface area (Å²) >= 11 is 0. The van der Waals surface area contributed by atoms with E-state index in [1.807, 2.05) is 7.05 Å². The summed E-state index contributed by atoms with van der Waals surface area (Å²) in [6.07, 6.45) is 7.64. The predicted octanol–water partition coefficient (Wildman–Crippen LogP) is 1.78. The molecule has 0 amide bonds. The minimum absolute atomic E-state index is 0.257. The molecule has 0 fully saturated rings. The van der Waals surface area contributed by atoms with Gasteiger partial charge in [-0.3, -0.25) is 0 Å². The molecule has 1 rings (SSSR count). The Kier molecular flexibility index (Phi) is 6.19. The van der Waals surface area contributed by atoms with Gasteiger partial charge in [-0.15, -0.1) is 0 Å². The van der Waals surface area contributed by atoms with Gasteiger partial charge in [0.15, 0.2) is 0 Å². The molecule has 0 heterocycles. The van der Waals surface area contributed by atoms with E-state index in [4.69, 9.17) is 4.74 Å². The molecule has 0 aromatic rings. The van der Waals surface area contributed by atoms with Crippen LogP contribution in [0, 0.1) is 0 Å². The van der Waals surface area contributed by atoms with Gasteiger partial charge in [0.2, 0.25) is 0 Å². The van der Waals surface area contributed by atoms with E-state index in [1.54, 1.807) is 0 Å². The molecule has 0 aromatic heterocycles. The fourth-order valence-corrected chi connectivity index (χ4v) is 1.78. The summed E-state index contributed by atoms with van der Waals surface area (Å²) < 4.78 is 5.81. The van der Waals surface area contributed by atoms with Crippen LogP contribution in [-0.4, -0.2) is 44.3 Å². The van der Waals surface area contributed by atoms with Gasteiger partial charge in [0.05, 0.1) is 12.7 Å². The molecule has 3 heteroatoms. The number of rotatable bonds is 7. The van der Waals surface area contributed by atoms with E-state index in [2.05, 4.69) is 42.3 Å². The zero-order valence-corrected chi connectivity index (χ0v) is 10.7. The van der Waals surface area contributed by atoms with Crippen LogP contribution in [0.1, 0.15) is 20.3 Å². The zero-order valence-electron chi connectivity index (χ0n) is 10.7. The maximum absolute atomic E-state index is 5.81. The summed E-state index contributed by atoms with van der Waals surface area (Å²) in [7, 11) is 1.94. The lowest BCUT2D eigenvalue weighted by atomic mass is 10.1. The van der Waals surface area contributed by atoms with Crippen molar-refractivity contribution in [3.63, 3.8) is 0 Å². The Morgan fingerprint density at radius 1 is 1.44 bits per heavy atom. The number of ether oxygens (including phenoxy) is 1. The van der Waals surface area contributed by atoms with Crippen LogP contribution in [0.4, 0.5) is 0 Å². The van der Waals surface area contributed by atoms with Gasteiger partial charge in [0.1, 0.15) is 0 Å². The molecule has 3 nitrogen and oxygen atoms in total. The van der Waals surface area contributed by atoms with Crippen LogP contribution in [0.5, 0.6) is 0 Å². The summed E-state index contributed by atoms with van der Waals surface area (Å²) in [5.41, 5.74) is 1.18. The van der Waals surface area contributed by atoms with Crippen LogP contribution in [-0.2, 0) is 4.74 Å². The largest absolute Gasteiger partial charge is 0.388 e. The molecule has 16 heavy (non-hydrogen) atoms. The van der Waals surface area contributed by atoms with Gasteiger partial charge in [-0.2, -0.15) is 0 Å². The third-order valence-corrected chi connectivity index (χ3v) is 2.98. The van der Waals surface area contributed by atoms with Crippen LogP contribution < -0.4 is 5.32 Å². The summed E-state index contributed by atoms with van der Waals surface area (Å²) in [4.78, 5) is 2.38. The Bertz CT molecular complexity index is 244. The Balaban J connectivity index is 2.16. The molecule has 1 unspecified atom stereocenters. The Morgan fingerprint density at radius 3 is 2.69 bits per heavy atom. The number of likely N-dealkylation sites (N-methyl/N-ethyl adjacent to an activating group) is 2. The molecule has 0 spiro atoms. The minimum Gasteiger partial charge on any atom is -0.388 e. The highest BCUT2D eigenvalue weighted by Gasteiger charge is 2.08. The van der Waals surface area contributed by atoms with E-state index in [1.165, 1.54) is 5.70 Å². The number of allylic oxidation sites excluding steroid dienone is 1. The molecule has 1 atom stereocenters. The molecule has 0 saturated heterocycles. The van der Waals surface area contributed by atoms with Gasteiger partial charge in [-0.25, -0.2) is 0 Å². The average Bonchev–Trinajstić information content (AvgIpc) is 2.35. The molecule has 0 aliphatic heterocycles. The van der Waals surface area contributed by atoms with Crippen LogP contribution in [0.3, 0.4) is 0 Å². The molecule has 0 aromatic carbocycles. The van der Waals surface area contributed by atoms with E-state index in [0.717, 1.165) is 32.7 Å². The predicted molar refractivity (Wildman–Crippen MR) is 68.4 cm³/mol. The highest BCUT2D eigenvalue weighted by Crippen LogP contribution is 2.11. The van der Waals surface area contributed by atoms with Gasteiger partial charge < -0.3 is 15.0 Å². The molecule has 92 valence electrons. The lowest BCUT2D eigenvalue weighted by Crippen LogP contribution is -2.28. The van der Waals surface area contributed by atoms with E-state index >= 15 is 0 Å². The third kappa shape index (κ3) is 4.37. The van der Waals surface area contributed by atoms with E-state index in [9.17, 15) is 0 Å². The summed E-state index contributed by atoms with van der Waals surface area (Å²) in [6, 6.07) is 0. The van der Waals surface area contributed by atoms with Crippen molar-refractivity contribution < 1.29 is 4.74 Å². The first-order valence-corrected chi connectivity index (χ1v) is 6.20. The standard InChI is InChI=1S/C13H24N2O/c1-4-15(5-2)10-11-16-13-8-6-12(14-3)7-9-13/h6-8,13-14H,4-5,9-11H2,1-3H3. The maximum atomic E-state index is 5.81. The topological polar surface area (TPSA) is 24.5 Å². The second-order valence-corrected chi connectivity index (χ2v) is 3.94. The van der Waals surface area contributed by atoms with E-state index in [0.29, 0.717) is 0 Å². The molecule has 1 aliphatic carbocycles. The van der Waals surface area contributed by atoms with Crippen molar-refractivity contribution in [2.75, 3.05) is 33.3 Å². The minimum atomic E-state index is 0.257. The van der Waals surface area contributed by atoms with Gasteiger partial charge in [0, 0.05) is 19.3 Å². The van der Waals surface area contributed by atoms with Gasteiger partial charge in [-0.1, -0.05) is 26.0 Å². The van der Waals surface area contributed by atoms with Crippen molar-refractivity contribution in [3.05, 3.63) is 23.9 Å². The van der Waals surface area contributed by atoms with Gasteiger partial charge in [0.25, 0.3) is 0 Å². The SMILES string of the molecule is CCN(CC)CCOC1C=CC(NC)=CC1. The number of hydrogen-bond acceptors (Lipinski definition) is 3. The Morgan fingerprint density at radius 2 is 2.19 bits per heavy atom. The molecular formula is C13H24N2O. The van der Waals surface area contributed by atoms with Gasteiger partial charge >= 0.3 is 0 Å². The van der Waals surface area contributed by atoms with Crippen LogP contribution >= 0.6 is 0 Å². The van der Waals surface area contributed by atoms with E-state index in [-0.39, 0.29) is 6.10 Å². The van der Waals surface area contributed by atoms with Gasteiger partial charge in [-0.05, 0) is 25.6 Å². The fraction of sp³-hybridized carbons (Fsp3) is 0.692. The first kappa shape index (κ1) is 13.3. The summed E-state index contributed by atoms with van der Waals surface area (Å²) in [5, 5.41) is 3.13. The molecule has 1 aliphatic rings. The first-order chi connectivity index (χ1) is 7.80. The smallest absolute Gasteiger partial charge is 0.0795 e. The molecule has 0 bridgehead atoms. The van der Waals surface area contributed by atoms with Crippen LogP contribution in [0.15, 0.2) is 23.9 Å². The third-order valence-electron chi connectivity index (χ3n) is 2.98. The normalized spacial score (nSPS) is 20.0. The monoisotopic (exact) mass is 224 g/mol. The molecule has 0 saturated carbocycles. The second kappa shape index (κ2) is 7.47. The van der Waals surface area contributed by atoms with Crippen molar-refractivity contribution in [1.82, 2.24) is 10.2 Å². The number of hydrogen-bond donors (Lipinski definition) is 1. The van der Waals surface area contributed by atoms with Crippen molar-refractivity contribution in [1.29, 1.82) is 0 Å². The highest BCUT2D eigenvalue weighted by molar-refractivity contribution is 5.22. The lowest BCUT2D eigenvalue weighted by molar-refractivity contribution is 0.0673. The summed E-state index contributed by atoms with van der Waals surface area (Å²) in [5.74, 6) is 0. The van der Waals surface area contributed by atoms with Crippen molar-refractivity contribution in [2.45, 2.75) is 26.4 Å². The Labute approximate surface area is 99.2 Å². The average molecular weight is 224 g/mol. The number of nitrogens with one attached hydrogen (secondary N) is 1. The highest BCUT2D eigenvalue weighted by atomic mass is 16.5. The molecule has 0 radical (unpaired) electrons. The second-order valence-electron chi connectivity index (χ2n) is 3.94. The lowest BCUT2D eigenvalue weighted by Gasteiger charge is -2.21. The number of nitrogens with zero attached hydrogens (tertiary/aromatic N) is 1. The van der Waals surface area contributed by atoms with Crippen molar-refractivity contribution in [3.8, 4) is 0 Å². The first-order valence-electron chi connectivity index (χ1n) is 6.20. The summed E-state index contributed by atoms with van der Waals surface area (Å²) in [6.45, 7) is 8.42. The Hall–Kier alpha value is -0.800. The maximum Gasteiger partial charge on any atom is 0.0795 e.